The number of carbonyl (C=O) groups excluding carboxylic acids is 2. The molecular weight excluding hydrogens is 390 g/mol. The predicted octanol–water partition coefficient (Wildman–Crippen LogP) is 3.66. The molecule has 0 fully saturated rings. The first-order valence-electron chi connectivity index (χ1n) is 9.14. The Bertz CT molecular complexity index is 1360. The second-order valence-corrected chi connectivity index (χ2v) is 7.38. The van der Waals surface area contributed by atoms with E-state index in [1.807, 2.05) is 28.8 Å². The van der Waals surface area contributed by atoms with Gasteiger partial charge in [0.05, 0.1) is 16.6 Å². The van der Waals surface area contributed by atoms with Crippen LogP contribution in [0.4, 0.5) is 0 Å². The zero-order valence-electron chi connectivity index (χ0n) is 15.2. The Kier molecular flexibility index (Phi) is 3.87. The maximum atomic E-state index is 12.8. The van der Waals surface area contributed by atoms with E-state index >= 15 is 0 Å². The van der Waals surface area contributed by atoms with Crippen molar-refractivity contribution >= 4 is 45.2 Å². The molecule has 0 bridgehead atoms. The third-order valence-electron chi connectivity index (χ3n) is 5.34. The summed E-state index contributed by atoms with van der Waals surface area (Å²) in [6.07, 6.45) is 0. The van der Waals surface area contributed by atoms with Crippen molar-refractivity contribution in [2.75, 3.05) is 6.54 Å². The normalized spacial score (nSPS) is 13.3. The minimum Gasteiger partial charge on any atom is -0.508 e. The van der Waals surface area contributed by atoms with Crippen LogP contribution in [-0.4, -0.2) is 28.0 Å². The number of nitrogens with zero attached hydrogens (tertiary/aromatic N) is 1. The molecule has 0 aliphatic carbocycles. The third kappa shape index (κ3) is 2.46. The quantitative estimate of drug-likeness (QED) is 0.453. The smallest absolute Gasteiger partial charge is 0.259 e. The van der Waals surface area contributed by atoms with E-state index in [4.69, 9.17) is 17.3 Å². The third-order valence-corrected chi connectivity index (χ3v) is 5.67. The van der Waals surface area contributed by atoms with Gasteiger partial charge in [-0.25, -0.2) is 0 Å². The number of phenols is 1. The Balaban J connectivity index is 2.02. The summed E-state index contributed by atoms with van der Waals surface area (Å²) in [5.41, 5.74) is 9.29. The van der Waals surface area contributed by atoms with Crippen LogP contribution in [0.5, 0.6) is 5.75 Å². The van der Waals surface area contributed by atoms with E-state index in [0.29, 0.717) is 51.1 Å². The zero-order chi connectivity index (χ0) is 20.3. The first-order valence-corrected chi connectivity index (χ1v) is 9.51. The topological polar surface area (TPSA) is 97.3 Å². The van der Waals surface area contributed by atoms with Crippen LogP contribution >= 0.6 is 11.6 Å². The van der Waals surface area contributed by atoms with Gasteiger partial charge in [-0.3, -0.25) is 14.9 Å². The molecule has 0 radical (unpaired) electrons. The SMILES string of the molecule is NCCn1c2ccc(O)cc2c2c3c(c(-c4ccccc4Cl)cc21)C(=O)NC3=O. The molecule has 1 aliphatic heterocycles. The zero-order valence-corrected chi connectivity index (χ0v) is 16.0. The fourth-order valence-corrected chi connectivity index (χ4v) is 4.43. The van der Waals surface area contributed by atoms with Crippen LogP contribution in [0.3, 0.4) is 0 Å². The number of carbonyl (C=O) groups is 2. The number of rotatable bonds is 3. The van der Waals surface area contributed by atoms with Gasteiger partial charge in [0.1, 0.15) is 5.75 Å². The van der Waals surface area contributed by atoms with Crippen LogP contribution in [0, 0.1) is 0 Å². The van der Waals surface area contributed by atoms with Crippen molar-refractivity contribution in [3.63, 3.8) is 0 Å². The Morgan fingerprint density at radius 2 is 1.72 bits per heavy atom. The van der Waals surface area contributed by atoms with E-state index in [0.717, 1.165) is 11.0 Å². The second kappa shape index (κ2) is 6.34. The van der Waals surface area contributed by atoms with Gasteiger partial charge in [-0.1, -0.05) is 29.8 Å². The van der Waals surface area contributed by atoms with Crippen LogP contribution in [0.15, 0.2) is 48.5 Å². The van der Waals surface area contributed by atoms with E-state index < -0.39 is 11.8 Å². The molecule has 2 heterocycles. The summed E-state index contributed by atoms with van der Waals surface area (Å²) in [4.78, 5) is 25.5. The molecular formula is C22H16ClN3O3. The maximum Gasteiger partial charge on any atom is 0.259 e. The van der Waals surface area contributed by atoms with Crippen LogP contribution in [0.1, 0.15) is 20.7 Å². The maximum absolute atomic E-state index is 12.8. The number of hydrogen-bond acceptors (Lipinski definition) is 4. The molecule has 144 valence electrons. The van der Waals surface area contributed by atoms with Crippen molar-refractivity contribution in [1.29, 1.82) is 0 Å². The minimum atomic E-state index is -0.459. The number of phenolic OH excluding ortho intramolecular Hbond substituents is 1. The average Bonchev–Trinajstić information content (AvgIpc) is 3.16. The molecule has 4 N–H and O–H groups in total. The molecule has 0 saturated carbocycles. The predicted molar refractivity (Wildman–Crippen MR) is 112 cm³/mol. The van der Waals surface area contributed by atoms with Crippen LogP contribution in [0.2, 0.25) is 5.02 Å². The molecule has 0 spiro atoms. The summed E-state index contributed by atoms with van der Waals surface area (Å²) < 4.78 is 2.00. The van der Waals surface area contributed by atoms with Gasteiger partial charge in [0.15, 0.2) is 0 Å². The van der Waals surface area contributed by atoms with Gasteiger partial charge in [-0.2, -0.15) is 0 Å². The number of aromatic hydroxyl groups is 1. The number of nitrogens with two attached hydrogens (primary N) is 1. The lowest BCUT2D eigenvalue weighted by Gasteiger charge is -2.12. The van der Waals surface area contributed by atoms with Gasteiger partial charge in [0.25, 0.3) is 11.8 Å². The molecule has 5 rings (SSSR count). The minimum absolute atomic E-state index is 0.0814. The van der Waals surface area contributed by atoms with E-state index in [9.17, 15) is 14.7 Å². The van der Waals surface area contributed by atoms with E-state index in [-0.39, 0.29) is 5.75 Å². The summed E-state index contributed by atoms with van der Waals surface area (Å²) >= 11 is 6.42. The van der Waals surface area contributed by atoms with E-state index in [1.54, 1.807) is 24.3 Å². The molecule has 0 saturated heterocycles. The molecule has 1 aliphatic rings. The van der Waals surface area contributed by atoms with Gasteiger partial charge in [-0.15, -0.1) is 0 Å². The van der Waals surface area contributed by atoms with Crippen molar-refractivity contribution in [2.24, 2.45) is 5.73 Å². The van der Waals surface area contributed by atoms with Crippen molar-refractivity contribution < 1.29 is 14.7 Å². The molecule has 0 unspecified atom stereocenters. The fraction of sp³-hybridized carbons (Fsp3) is 0.0909. The monoisotopic (exact) mass is 405 g/mol. The molecule has 2 amide bonds. The van der Waals surface area contributed by atoms with Crippen molar-refractivity contribution in [2.45, 2.75) is 6.54 Å². The summed E-state index contributed by atoms with van der Waals surface area (Å²) in [5.74, 6) is -0.835. The number of imide groups is 1. The van der Waals surface area contributed by atoms with Crippen molar-refractivity contribution in [3.05, 3.63) is 64.7 Å². The molecule has 6 nitrogen and oxygen atoms in total. The highest BCUT2D eigenvalue weighted by Gasteiger charge is 2.34. The van der Waals surface area contributed by atoms with Crippen LogP contribution in [0.25, 0.3) is 32.9 Å². The standard InChI is InChI=1S/C22H16ClN3O3/c23-15-4-2-1-3-12(15)13-10-17-18(20-19(13)21(28)25-22(20)29)14-9-11(27)5-6-16(14)26(17)8-7-24/h1-6,9-10,27H,7-8,24H2,(H,25,28,29). The lowest BCUT2D eigenvalue weighted by molar-refractivity contribution is 0.0880. The summed E-state index contributed by atoms with van der Waals surface area (Å²) in [6.45, 7) is 0.907. The van der Waals surface area contributed by atoms with E-state index in [1.165, 1.54) is 0 Å². The van der Waals surface area contributed by atoms with E-state index in [2.05, 4.69) is 5.32 Å². The van der Waals surface area contributed by atoms with Crippen LogP contribution in [-0.2, 0) is 6.54 Å². The summed E-state index contributed by atoms with van der Waals surface area (Å²) in [6, 6.07) is 14.1. The molecule has 0 atom stereocenters. The number of fused-ring (bicyclic) bond motifs is 5. The average molecular weight is 406 g/mol. The van der Waals surface area contributed by atoms with Gasteiger partial charge in [0, 0.05) is 40.0 Å². The van der Waals surface area contributed by atoms with Crippen molar-refractivity contribution in [3.8, 4) is 16.9 Å². The molecule has 7 heteroatoms. The van der Waals surface area contributed by atoms with Gasteiger partial charge in [0.2, 0.25) is 0 Å². The number of benzene rings is 3. The van der Waals surface area contributed by atoms with Gasteiger partial charge < -0.3 is 15.4 Å². The number of nitrogens with one attached hydrogen (secondary N) is 1. The van der Waals surface area contributed by atoms with Gasteiger partial charge >= 0.3 is 0 Å². The summed E-state index contributed by atoms with van der Waals surface area (Å²) in [7, 11) is 0. The molecule has 1 aromatic heterocycles. The Morgan fingerprint density at radius 3 is 2.48 bits per heavy atom. The summed E-state index contributed by atoms with van der Waals surface area (Å²) in [5, 5.41) is 14.3. The first kappa shape index (κ1) is 17.7. The Morgan fingerprint density at radius 1 is 0.966 bits per heavy atom. The molecule has 29 heavy (non-hydrogen) atoms. The fourth-order valence-electron chi connectivity index (χ4n) is 4.20. The largest absolute Gasteiger partial charge is 0.508 e. The number of halogens is 1. The van der Waals surface area contributed by atoms with Gasteiger partial charge in [-0.05, 0) is 35.9 Å². The highest BCUT2D eigenvalue weighted by Crippen LogP contribution is 2.42. The molecule has 4 aromatic rings. The Labute approximate surface area is 170 Å². The number of amides is 2. The lowest BCUT2D eigenvalue weighted by atomic mass is 9.93. The number of hydrogen-bond donors (Lipinski definition) is 3. The van der Waals surface area contributed by atoms with Crippen LogP contribution < -0.4 is 11.1 Å². The first-order chi connectivity index (χ1) is 14.0. The highest BCUT2D eigenvalue weighted by molar-refractivity contribution is 6.36. The number of aromatic nitrogens is 1. The molecule has 3 aromatic carbocycles. The highest BCUT2D eigenvalue weighted by atomic mass is 35.5. The van der Waals surface area contributed by atoms with Crippen molar-refractivity contribution in [1.82, 2.24) is 9.88 Å². The second-order valence-electron chi connectivity index (χ2n) is 6.97. The Hall–Kier alpha value is -3.35. The lowest BCUT2D eigenvalue weighted by Crippen LogP contribution is -2.20.